The highest BCUT2D eigenvalue weighted by Crippen LogP contribution is 2.40. The Morgan fingerprint density at radius 3 is 2.86 bits per heavy atom. The Morgan fingerprint density at radius 1 is 1.18 bits per heavy atom. The molecule has 5 heteroatoms. The van der Waals surface area contributed by atoms with Crippen LogP contribution in [0.1, 0.15) is 28.0 Å². The van der Waals surface area contributed by atoms with Crippen molar-refractivity contribution in [1.29, 1.82) is 5.26 Å². The Morgan fingerprint density at radius 2 is 2.05 bits per heavy atom. The van der Waals surface area contributed by atoms with Crippen LogP contribution in [-0.4, -0.2) is 9.97 Å². The van der Waals surface area contributed by atoms with Gasteiger partial charge in [0.25, 0.3) is 0 Å². The first-order chi connectivity index (χ1) is 10.8. The van der Waals surface area contributed by atoms with E-state index in [1.165, 1.54) is 34.2 Å². The fraction of sp³-hybridized carbons (Fsp3) is 0.235. The molecule has 0 N–H and O–H groups in total. The number of nitrogens with zero attached hydrogens (tertiary/aromatic N) is 3. The molecule has 0 saturated carbocycles. The maximum atomic E-state index is 8.85. The molecule has 3 aromatic rings. The molecule has 1 aliphatic rings. The second kappa shape index (κ2) is 5.71. The number of aromatic nitrogens is 2. The number of nitriles is 1. The zero-order valence-electron chi connectivity index (χ0n) is 11.9. The molecule has 0 aliphatic heterocycles. The van der Waals surface area contributed by atoms with Gasteiger partial charge < -0.3 is 0 Å². The minimum atomic E-state index is 0.703. The third kappa shape index (κ3) is 2.39. The number of rotatable bonds is 3. The molecule has 1 aromatic carbocycles. The van der Waals surface area contributed by atoms with Crippen molar-refractivity contribution in [3.63, 3.8) is 0 Å². The minimum Gasteiger partial charge on any atom is -0.229 e. The van der Waals surface area contributed by atoms with E-state index in [9.17, 15) is 0 Å². The van der Waals surface area contributed by atoms with Gasteiger partial charge in [-0.1, -0.05) is 12.1 Å². The van der Waals surface area contributed by atoms with Crippen LogP contribution in [0.5, 0.6) is 0 Å². The van der Waals surface area contributed by atoms with Gasteiger partial charge in [0.15, 0.2) is 0 Å². The second-order valence-electron chi connectivity index (χ2n) is 5.31. The van der Waals surface area contributed by atoms with Gasteiger partial charge in [-0.3, -0.25) is 0 Å². The fourth-order valence-electron chi connectivity index (χ4n) is 2.84. The first kappa shape index (κ1) is 13.7. The number of benzene rings is 1. The van der Waals surface area contributed by atoms with Crippen LogP contribution in [0.25, 0.3) is 10.2 Å². The molecule has 0 fully saturated rings. The smallest absolute Gasteiger partial charge is 0.128 e. The fourth-order valence-corrected chi connectivity index (χ4v) is 5.11. The molecule has 2 heterocycles. The van der Waals surface area contributed by atoms with Gasteiger partial charge in [-0.25, -0.2) is 9.97 Å². The van der Waals surface area contributed by atoms with Gasteiger partial charge in [0.2, 0.25) is 0 Å². The zero-order valence-corrected chi connectivity index (χ0v) is 13.5. The van der Waals surface area contributed by atoms with Gasteiger partial charge in [0, 0.05) is 16.0 Å². The second-order valence-corrected chi connectivity index (χ2v) is 7.36. The Kier molecular flexibility index (Phi) is 3.57. The molecule has 22 heavy (non-hydrogen) atoms. The number of aryl methyl sites for hydroxylation is 2. The lowest BCUT2D eigenvalue weighted by atomic mass is 10.2. The summed E-state index contributed by atoms with van der Waals surface area (Å²) in [6.07, 6.45) is 5.28. The minimum absolute atomic E-state index is 0.703. The Labute approximate surface area is 137 Å². The molecular formula is C17H13N3S2. The average Bonchev–Trinajstić information content (AvgIpc) is 3.14. The highest BCUT2D eigenvalue weighted by molar-refractivity contribution is 7.98. The summed E-state index contributed by atoms with van der Waals surface area (Å²) in [6, 6.07) is 9.92. The quantitative estimate of drug-likeness (QED) is 0.531. The van der Waals surface area contributed by atoms with E-state index in [0.717, 1.165) is 22.0 Å². The third-order valence-corrected chi connectivity index (χ3v) is 6.19. The maximum Gasteiger partial charge on any atom is 0.128 e. The summed E-state index contributed by atoms with van der Waals surface area (Å²) in [7, 11) is 0. The van der Waals surface area contributed by atoms with Gasteiger partial charge in [0.05, 0.1) is 11.6 Å². The standard InChI is InChI=1S/C17H13N3S2/c18-8-11-4-6-12(7-5-11)9-21-16-15-13-2-1-3-14(13)22-17(15)20-10-19-16/h4-7,10H,1-3,9H2. The maximum absolute atomic E-state index is 8.85. The number of hydrogen-bond acceptors (Lipinski definition) is 5. The highest BCUT2D eigenvalue weighted by Gasteiger charge is 2.21. The van der Waals surface area contributed by atoms with Gasteiger partial charge >= 0.3 is 0 Å². The first-order valence-electron chi connectivity index (χ1n) is 7.22. The lowest BCUT2D eigenvalue weighted by molar-refractivity contribution is 0.915. The number of thiophene rings is 1. The normalized spacial score (nSPS) is 13.2. The molecule has 3 nitrogen and oxygen atoms in total. The SMILES string of the molecule is N#Cc1ccc(CSc2ncnc3sc4c(c23)CCC4)cc1. The summed E-state index contributed by atoms with van der Waals surface area (Å²) >= 11 is 3.59. The summed E-state index contributed by atoms with van der Waals surface area (Å²) in [5.41, 5.74) is 3.39. The van der Waals surface area contributed by atoms with Crippen molar-refractivity contribution in [3.8, 4) is 6.07 Å². The molecule has 0 unspecified atom stereocenters. The van der Waals surface area contributed by atoms with Crippen LogP contribution in [0.3, 0.4) is 0 Å². The summed E-state index contributed by atoms with van der Waals surface area (Å²) < 4.78 is 0. The van der Waals surface area contributed by atoms with E-state index in [0.29, 0.717) is 5.56 Å². The van der Waals surface area contributed by atoms with E-state index in [4.69, 9.17) is 5.26 Å². The molecule has 4 rings (SSSR count). The van der Waals surface area contributed by atoms with Gasteiger partial charge in [-0.15, -0.1) is 23.1 Å². The van der Waals surface area contributed by atoms with Crippen molar-refractivity contribution in [2.45, 2.75) is 30.0 Å². The Hall–Kier alpha value is -1.90. The van der Waals surface area contributed by atoms with Crippen LogP contribution in [0, 0.1) is 11.3 Å². The number of hydrogen-bond donors (Lipinski definition) is 0. The molecule has 0 saturated heterocycles. The predicted molar refractivity (Wildman–Crippen MR) is 90.2 cm³/mol. The molecule has 108 valence electrons. The summed E-state index contributed by atoms with van der Waals surface area (Å²) in [4.78, 5) is 11.6. The van der Waals surface area contributed by atoms with Crippen molar-refractivity contribution in [2.24, 2.45) is 0 Å². The molecule has 2 aromatic heterocycles. The van der Waals surface area contributed by atoms with Crippen molar-refractivity contribution >= 4 is 33.3 Å². The molecule has 0 bridgehead atoms. The third-order valence-electron chi connectivity index (χ3n) is 3.93. The highest BCUT2D eigenvalue weighted by atomic mass is 32.2. The van der Waals surface area contributed by atoms with E-state index in [1.54, 1.807) is 18.1 Å². The molecule has 0 radical (unpaired) electrons. The first-order valence-corrected chi connectivity index (χ1v) is 9.02. The molecule has 0 spiro atoms. The van der Waals surface area contributed by atoms with Crippen molar-refractivity contribution in [3.05, 3.63) is 52.2 Å². The van der Waals surface area contributed by atoms with Crippen LogP contribution in [0.15, 0.2) is 35.6 Å². The average molecular weight is 323 g/mol. The lowest BCUT2D eigenvalue weighted by Gasteiger charge is -2.04. The van der Waals surface area contributed by atoms with E-state index >= 15 is 0 Å². The van der Waals surface area contributed by atoms with E-state index < -0.39 is 0 Å². The Bertz CT molecular complexity index is 875. The molecular weight excluding hydrogens is 310 g/mol. The van der Waals surface area contributed by atoms with E-state index in [1.807, 2.05) is 35.6 Å². The zero-order chi connectivity index (χ0) is 14.9. The summed E-state index contributed by atoms with van der Waals surface area (Å²) in [5.74, 6) is 0.864. The largest absolute Gasteiger partial charge is 0.229 e. The van der Waals surface area contributed by atoms with Crippen LogP contribution >= 0.6 is 23.1 Å². The van der Waals surface area contributed by atoms with Crippen LogP contribution in [0.4, 0.5) is 0 Å². The van der Waals surface area contributed by atoms with Gasteiger partial charge in [-0.05, 0) is 42.5 Å². The van der Waals surface area contributed by atoms with Crippen LogP contribution < -0.4 is 0 Å². The van der Waals surface area contributed by atoms with Crippen LogP contribution in [0.2, 0.25) is 0 Å². The lowest BCUT2D eigenvalue weighted by Crippen LogP contribution is -1.88. The summed E-state index contributed by atoms with van der Waals surface area (Å²) in [6.45, 7) is 0. The summed E-state index contributed by atoms with van der Waals surface area (Å²) in [5, 5.41) is 11.2. The monoisotopic (exact) mass is 323 g/mol. The molecule has 0 amide bonds. The van der Waals surface area contributed by atoms with Crippen LogP contribution in [-0.2, 0) is 18.6 Å². The molecule has 0 atom stereocenters. The van der Waals surface area contributed by atoms with Crippen molar-refractivity contribution < 1.29 is 0 Å². The van der Waals surface area contributed by atoms with E-state index in [-0.39, 0.29) is 0 Å². The van der Waals surface area contributed by atoms with E-state index in [2.05, 4.69) is 16.0 Å². The van der Waals surface area contributed by atoms with Gasteiger partial charge in [0.1, 0.15) is 16.2 Å². The molecule has 1 aliphatic carbocycles. The number of thioether (sulfide) groups is 1. The van der Waals surface area contributed by atoms with Crippen molar-refractivity contribution in [1.82, 2.24) is 9.97 Å². The topological polar surface area (TPSA) is 49.6 Å². The predicted octanol–water partition coefficient (Wildman–Crippen LogP) is 4.34. The van der Waals surface area contributed by atoms with Gasteiger partial charge in [-0.2, -0.15) is 5.26 Å². The van der Waals surface area contributed by atoms with Crippen molar-refractivity contribution in [2.75, 3.05) is 0 Å². The Balaban J connectivity index is 1.62. The number of fused-ring (bicyclic) bond motifs is 3.